The molecular weight excluding hydrogens is 390 g/mol. The molecule has 162 valence electrons. The molecule has 0 bridgehead atoms. The summed E-state index contributed by atoms with van der Waals surface area (Å²) in [6.45, 7) is 4.95. The standard InChI is InChI=1S/C24H29N5O2/c1-4-21(18-8-6-5-7-9-18)23(30)25-14-15-26-24-27-17(2)16-22(29-24)28-19-10-12-20(31-3)13-11-19/h5-13,16,21H,4,14-15H2,1-3H3,(H,25,30)(H2,26,27,28,29). The van der Waals surface area contributed by atoms with Gasteiger partial charge in [0.05, 0.1) is 13.0 Å². The van der Waals surface area contributed by atoms with Crippen LogP contribution in [0.5, 0.6) is 5.75 Å². The first-order chi connectivity index (χ1) is 15.1. The van der Waals surface area contributed by atoms with Crippen molar-refractivity contribution in [3.63, 3.8) is 0 Å². The van der Waals surface area contributed by atoms with Gasteiger partial charge in [0.15, 0.2) is 0 Å². The highest BCUT2D eigenvalue weighted by molar-refractivity contribution is 5.83. The molecule has 1 amide bonds. The Morgan fingerprint density at radius 1 is 1.03 bits per heavy atom. The van der Waals surface area contributed by atoms with E-state index in [2.05, 4.69) is 25.9 Å². The number of nitrogens with one attached hydrogen (secondary N) is 3. The van der Waals surface area contributed by atoms with Gasteiger partial charge >= 0.3 is 0 Å². The van der Waals surface area contributed by atoms with Gasteiger partial charge in [-0.2, -0.15) is 4.98 Å². The Labute approximate surface area is 183 Å². The second-order valence-electron chi connectivity index (χ2n) is 7.16. The van der Waals surface area contributed by atoms with Crippen molar-refractivity contribution in [1.29, 1.82) is 0 Å². The van der Waals surface area contributed by atoms with Crippen molar-refractivity contribution in [3.8, 4) is 5.75 Å². The molecule has 7 nitrogen and oxygen atoms in total. The number of benzene rings is 2. The molecular formula is C24H29N5O2. The maximum absolute atomic E-state index is 12.6. The largest absolute Gasteiger partial charge is 0.497 e. The Balaban J connectivity index is 1.52. The third kappa shape index (κ3) is 6.44. The van der Waals surface area contributed by atoms with Crippen molar-refractivity contribution in [2.45, 2.75) is 26.2 Å². The Kier molecular flexibility index (Phi) is 7.81. The molecule has 7 heteroatoms. The van der Waals surface area contributed by atoms with Gasteiger partial charge in [-0.15, -0.1) is 0 Å². The fourth-order valence-electron chi connectivity index (χ4n) is 3.27. The molecule has 0 saturated heterocycles. The van der Waals surface area contributed by atoms with Gasteiger partial charge in [-0.3, -0.25) is 4.79 Å². The van der Waals surface area contributed by atoms with Crippen molar-refractivity contribution in [2.75, 3.05) is 30.8 Å². The third-order valence-corrected chi connectivity index (χ3v) is 4.85. The number of methoxy groups -OCH3 is 1. The van der Waals surface area contributed by atoms with E-state index in [-0.39, 0.29) is 11.8 Å². The Morgan fingerprint density at radius 3 is 2.45 bits per heavy atom. The molecule has 1 heterocycles. The average molecular weight is 420 g/mol. The predicted octanol–water partition coefficient (Wildman–Crippen LogP) is 4.26. The van der Waals surface area contributed by atoms with Crippen molar-refractivity contribution < 1.29 is 9.53 Å². The quantitative estimate of drug-likeness (QED) is 0.426. The summed E-state index contributed by atoms with van der Waals surface area (Å²) in [5.74, 6) is 1.89. The van der Waals surface area contributed by atoms with Crippen LogP contribution < -0.4 is 20.7 Å². The molecule has 31 heavy (non-hydrogen) atoms. The number of nitrogens with zero attached hydrogens (tertiary/aromatic N) is 2. The molecule has 0 saturated carbocycles. The monoisotopic (exact) mass is 419 g/mol. The van der Waals surface area contributed by atoms with Crippen LogP contribution in [0.3, 0.4) is 0 Å². The highest BCUT2D eigenvalue weighted by Gasteiger charge is 2.17. The number of carbonyl (C=O) groups excluding carboxylic acids is 1. The molecule has 3 rings (SSSR count). The lowest BCUT2D eigenvalue weighted by Crippen LogP contribution is -2.33. The fourth-order valence-corrected chi connectivity index (χ4v) is 3.27. The van der Waals surface area contributed by atoms with Gasteiger partial charge < -0.3 is 20.7 Å². The number of hydrogen-bond donors (Lipinski definition) is 3. The summed E-state index contributed by atoms with van der Waals surface area (Å²) in [6, 6.07) is 19.4. The number of aryl methyl sites for hydroxylation is 1. The van der Waals surface area contributed by atoms with E-state index in [1.165, 1.54) is 0 Å². The van der Waals surface area contributed by atoms with Crippen LogP contribution in [0.25, 0.3) is 0 Å². The van der Waals surface area contributed by atoms with Gasteiger partial charge in [0.2, 0.25) is 11.9 Å². The Bertz CT molecular complexity index is 977. The lowest BCUT2D eigenvalue weighted by Gasteiger charge is -2.16. The molecule has 0 aliphatic carbocycles. The first-order valence-electron chi connectivity index (χ1n) is 10.4. The molecule has 3 N–H and O–H groups in total. The summed E-state index contributed by atoms with van der Waals surface area (Å²) in [7, 11) is 1.64. The van der Waals surface area contributed by atoms with Gasteiger partial charge in [-0.05, 0) is 43.2 Å². The molecule has 3 aromatic rings. The SMILES string of the molecule is CCC(C(=O)NCCNc1nc(C)cc(Nc2ccc(OC)cc2)n1)c1ccccc1. The first kappa shape index (κ1) is 22.1. The van der Waals surface area contributed by atoms with Crippen molar-refractivity contribution >= 4 is 23.4 Å². The lowest BCUT2D eigenvalue weighted by molar-refractivity contribution is -0.122. The van der Waals surface area contributed by atoms with Crippen LogP contribution in [0, 0.1) is 6.92 Å². The average Bonchev–Trinajstić information content (AvgIpc) is 2.78. The summed E-state index contributed by atoms with van der Waals surface area (Å²) in [5.41, 5.74) is 2.78. The molecule has 1 aromatic heterocycles. The zero-order valence-electron chi connectivity index (χ0n) is 18.2. The second-order valence-corrected chi connectivity index (χ2v) is 7.16. The van der Waals surface area contributed by atoms with E-state index in [1.807, 2.05) is 74.5 Å². The number of carbonyl (C=O) groups is 1. The van der Waals surface area contributed by atoms with E-state index in [9.17, 15) is 4.79 Å². The molecule has 0 aliphatic rings. The molecule has 0 aliphatic heterocycles. The zero-order chi connectivity index (χ0) is 22.1. The van der Waals surface area contributed by atoms with Crippen LogP contribution in [0.15, 0.2) is 60.7 Å². The van der Waals surface area contributed by atoms with Gasteiger partial charge in [-0.25, -0.2) is 4.98 Å². The van der Waals surface area contributed by atoms with Crippen LogP contribution in [-0.2, 0) is 4.79 Å². The van der Waals surface area contributed by atoms with E-state index in [0.29, 0.717) is 24.9 Å². The van der Waals surface area contributed by atoms with Gasteiger partial charge in [0.25, 0.3) is 0 Å². The lowest BCUT2D eigenvalue weighted by atomic mass is 9.96. The van der Waals surface area contributed by atoms with E-state index in [0.717, 1.165) is 29.1 Å². The van der Waals surface area contributed by atoms with Crippen molar-refractivity contribution in [3.05, 3.63) is 71.9 Å². The Hall–Kier alpha value is -3.61. The van der Waals surface area contributed by atoms with Crippen LogP contribution in [-0.4, -0.2) is 36.1 Å². The fraction of sp³-hybridized carbons (Fsp3) is 0.292. The Morgan fingerprint density at radius 2 is 1.77 bits per heavy atom. The summed E-state index contributed by atoms with van der Waals surface area (Å²) >= 11 is 0. The van der Waals surface area contributed by atoms with Crippen LogP contribution in [0.2, 0.25) is 0 Å². The number of anilines is 3. The minimum Gasteiger partial charge on any atom is -0.497 e. The minimum absolute atomic E-state index is 0.0301. The number of aromatic nitrogens is 2. The maximum atomic E-state index is 12.6. The molecule has 2 aromatic carbocycles. The molecule has 1 atom stereocenters. The molecule has 1 unspecified atom stereocenters. The number of hydrogen-bond acceptors (Lipinski definition) is 6. The number of amides is 1. The molecule has 0 fully saturated rings. The summed E-state index contributed by atoms with van der Waals surface area (Å²) in [6.07, 6.45) is 0.755. The second kappa shape index (κ2) is 11.0. The normalized spacial score (nSPS) is 11.5. The highest BCUT2D eigenvalue weighted by Crippen LogP contribution is 2.20. The minimum atomic E-state index is -0.142. The maximum Gasteiger partial charge on any atom is 0.227 e. The van der Waals surface area contributed by atoms with E-state index >= 15 is 0 Å². The van der Waals surface area contributed by atoms with E-state index in [1.54, 1.807) is 7.11 Å². The number of ether oxygens (including phenoxy) is 1. The van der Waals surface area contributed by atoms with Crippen molar-refractivity contribution in [2.24, 2.45) is 0 Å². The van der Waals surface area contributed by atoms with E-state index in [4.69, 9.17) is 4.74 Å². The van der Waals surface area contributed by atoms with Crippen LogP contribution >= 0.6 is 0 Å². The van der Waals surface area contributed by atoms with Gasteiger partial charge in [0.1, 0.15) is 11.6 Å². The van der Waals surface area contributed by atoms with Crippen molar-refractivity contribution in [1.82, 2.24) is 15.3 Å². The molecule has 0 radical (unpaired) electrons. The van der Waals surface area contributed by atoms with E-state index < -0.39 is 0 Å². The smallest absolute Gasteiger partial charge is 0.227 e. The molecule has 0 spiro atoms. The highest BCUT2D eigenvalue weighted by atomic mass is 16.5. The van der Waals surface area contributed by atoms with Gasteiger partial charge in [-0.1, -0.05) is 37.3 Å². The third-order valence-electron chi connectivity index (χ3n) is 4.85. The van der Waals surface area contributed by atoms with Crippen LogP contribution in [0.1, 0.15) is 30.5 Å². The number of rotatable bonds is 10. The topological polar surface area (TPSA) is 88.2 Å². The predicted molar refractivity (Wildman–Crippen MR) is 124 cm³/mol. The van der Waals surface area contributed by atoms with Crippen LogP contribution in [0.4, 0.5) is 17.5 Å². The summed E-state index contributed by atoms with van der Waals surface area (Å²) in [5, 5.41) is 9.45. The first-order valence-corrected chi connectivity index (χ1v) is 10.4. The zero-order valence-corrected chi connectivity index (χ0v) is 18.2. The summed E-state index contributed by atoms with van der Waals surface area (Å²) < 4.78 is 5.18. The summed E-state index contributed by atoms with van der Waals surface area (Å²) in [4.78, 5) is 21.5. The van der Waals surface area contributed by atoms with Gasteiger partial charge in [0, 0.05) is 30.5 Å².